The van der Waals surface area contributed by atoms with Crippen LogP contribution in [0.15, 0.2) is 17.5 Å². The van der Waals surface area contributed by atoms with E-state index in [2.05, 4.69) is 23.7 Å². The van der Waals surface area contributed by atoms with E-state index in [4.69, 9.17) is 0 Å². The van der Waals surface area contributed by atoms with Crippen molar-refractivity contribution in [2.24, 2.45) is 5.92 Å². The quantitative estimate of drug-likeness (QED) is 0.893. The van der Waals surface area contributed by atoms with Crippen molar-refractivity contribution in [2.75, 3.05) is 13.6 Å². The predicted molar refractivity (Wildman–Crippen MR) is 71.0 cm³/mol. The van der Waals surface area contributed by atoms with E-state index >= 15 is 0 Å². The van der Waals surface area contributed by atoms with E-state index in [1.165, 1.54) is 11.3 Å². The standard InChI is InChI=1S/C13H20N2OS/c1-10-5-6-14-12(8-10)13(16)15(2)9-11-4-3-7-17-11/h3-4,7,10,12,14H,5-6,8-9H2,1-2H3. The Bertz CT molecular complexity index is 364. The first-order valence-electron chi connectivity index (χ1n) is 6.17. The van der Waals surface area contributed by atoms with Crippen molar-refractivity contribution in [3.8, 4) is 0 Å². The number of nitrogens with zero attached hydrogens (tertiary/aromatic N) is 1. The van der Waals surface area contributed by atoms with Crippen LogP contribution in [0.5, 0.6) is 0 Å². The summed E-state index contributed by atoms with van der Waals surface area (Å²) in [4.78, 5) is 15.3. The van der Waals surface area contributed by atoms with Gasteiger partial charge < -0.3 is 10.2 Å². The number of rotatable bonds is 3. The number of piperidine rings is 1. The Kier molecular flexibility index (Phi) is 4.18. The zero-order chi connectivity index (χ0) is 12.3. The van der Waals surface area contributed by atoms with Gasteiger partial charge in [0.2, 0.25) is 5.91 Å². The number of nitrogens with one attached hydrogen (secondary N) is 1. The van der Waals surface area contributed by atoms with Gasteiger partial charge in [0.15, 0.2) is 0 Å². The molecule has 0 aliphatic carbocycles. The lowest BCUT2D eigenvalue weighted by Gasteiger charge is -2.30. The van der Waals surface area contributed by atoms with E-state index in [1.807, 2.05) is 18.0 Å². The zero-order valence-electron chi connectivity index (χ0n) is 10.5. The first-order chi connectivity index (χ1) is 8.16. The molecule has 2 heterocycles. The van der Waals surface area contributed by atoms with Crippen LogP contribution < -0.4 is 5.32 Å². The van der Waals surface area contributed by atoms with Crippen LogP contribution in [0, 0.1) is 5.92 Å². The molecule has 17 heavy (non-hydrogen) atoms. The summed E-state index contributed by atoms with van der Waals surface area (Å²) < 4.78 is 0. The average molecular weight is 252 g/mol. The first-order valence-corrected chi connectivity index (χ1v) is 7.05. The third kappa shape index (κ3) is 3.30. The van der Waals surface area contributed by atoms with Gasteiger partial charge in [-0.05, 0) is 36.8 Å². The van der Waals surface area contributed by atoms with Crippen molar-refractivity contribution in [1.82, 2.24) is 10.2 Å². The summed E-state index contributed by atoms with van der Waals surface area (Å²) in [6.45, 7) is 3.91. The molecule has 2 rings (SSSR count). The Morgan fingerprint density at radius 3 is 3.12 bits per heavy atom. The highest BCUT2D eigenvalue weighted by molar-refractivity contribution is 7.09. The molecule has 0 saturated carbocycles. The predicted octanol–water partition coefficient (Wildman–Crippen LogP) is 2.09. The van der Waals surface area contributed by atoms with E-state index in [0.717, 1.165) is 19.5 Å². The molecule has 0 spiro atoms. The number of thiophene rings is 1. The van der Waals surface area contributed by atoms with Gasteiger partial charge in [-0.2, -0.15) is 0 Å². The summed E-state index contributed by atoms with van der Waals surface area (Å²) in [5.74, 6) is 0.880. The maximum atomic E-state index is 12.2. The normalized spacial score (nSPS) is 24.6. The van der Waals surface area contributed by atoms with Crippen LogP contribution in [0.1, 0.15) is 24.6 Å². The minimum absolute atomic E-state index is 0.0173. The third-order valence-corrected chi connectivity index (χ3v) is 4.17. The minimum atomic E-state index is 0.0173. The summed E-state index contributed by atoms with van der Waals surface area (Å²) in [5, 5.41) is 5.37. The SMILES string of the molecule is CC1CCNC(C(=O)N(C)Cc2cccs2)C1. The Balaban J connectivity index is 1.90. The highest BCUT2D eigenvalue weighted by Gasteiger charge is 2.26. The van der Waals surface area contributed by atoms with Crippen molar-refractivity contribution in [3.05, 3.63) is 22.4 Å². The molecule has 1 aliphatic heterocycles. The van der Waals surface area contributed by atoms with Crippen LogP contribution in [0.3, 0.4) is 0 Å². The van der Waals surface area contributed by atoms with Crippen LogP contribution in [-0.4, -0.2) is 30.4 Å². The van der Waals surface area contributed by atoms with Crippen LogP contribution in [0.25, 0.3) is 0 Å². The van der Waals surface area contributed by atoms with Gasteiger partial charge in [0.25, 0.3) is 0 Å². The second-order valence-corrected chi connectivity index (χ2v) is 5.94. The Labute approximate surface area is 107 Å². The first kappa shape index (κ1) is 12.6. The lowest BCUT2D eigenvalue weighted by Crippen LogP contribution is -2.48. The maximum Gasteiger partial charge on any atom is 0.239 e. The summed E-state index contributed by atoms with van der Waals surface area (Å²) in [6.07, 6.45) is 2.14. The maximum absolute atomic E-state index is 12.2. The Hall–Kier alpha value is -0.870. The van der Waals surface area contributed by atoms with Crippen molar-refractivity contribution in [3.63, 3.8) is 0 Å². The molecule has 3 nitrogen and oxygen atoms in total. The van der Waals surface area contributed by atoms with Gasteiger partial charge in [-0.15, -0.1) is 11.3 Å². The van der Waals surface area contributed by atoms with Gasteiger partial charge in [-0.3, -0.25) is 4.79 Å². The fourth-order valence-corrected chi connectivity index (χ4v) is 3.03. The van der Waals surface area contributed by atoms with Crippen LogP contribution >= 0.6 is 11.3 Å². The van der Waals surface area contributed by atoms with Gasteiger partial charge in [-0.25, -0.2) is 0 Å². The van der Waals surface area contributed by atoms with Gasteiger partial charge in [0.05, 0.1) is 12.6 Å². The van der Waals surface area contributed by atoms with Crippen molar-refractivity contribution >= 4 is 17.2 Å². The number of hydrogen-bond acceptors (Lipinski definition) is 3. The summed E-state index contributed by atoms with van der Waals surface area (Å²) in [5.41, 5.74) is 0. The second-order valence-electron chi connectivity index (χ2n) is 4.91. The number of hydrogen-bond donors (Lipinski definition) is 1. The second kappa shape index (κ2) is 5.65. The molecule has 1 aromatic heterocycles. The monoisotopic (exact) mass is 252 g/mol. The van der Waals surface area contributed by atoms with Crippen molar-refractivity contribution < 1.29 is 4.79 Å². The summed E-state index contributed by atoms with van der Waals surface area (Å²) in [6, 6.07) is 4.12. The minimum Gasteiger partial charge on any atom is -0.339 e. The lowest BCUT2D eigenvalue weighted by molar-refractivity contribution is -0.133. The fraction of sp³-hybridized carbons (Fsp3) is 0.615. The van der Waals surface area contributed by atoms with Crippen molar-refractivity contribution in [2.45, 2.75) is 32.4 Å². The van der Waals surface area contributed by atoms with E-state index in [9.17, 15) is 4.79 Å². The van der Waals surface area contributed by atoms with E-state index in [-0.39, 0.29) is 11.9 Å². The van der Waals surface area contributed by atoms with Crippen molar-refractivity contribution in [1.29, 1.82) is 0 Å². The number of carbonyl (C=O) groups excluding carboxylic acids is 1. The molecule has 2 unspecified atom stereocenters. The van der Waals surface area contributed by atoms with E-state index < -0.39 is 0 Å². The molecule has 1 amide bonds. The van der Waals surface area contributed by atoms with E-state index in [0.29, 0.717) is 5.92 Å². The van der Waals surface area contributed by atoms with Crippen LogP contribution in [-0.2, 0) is 11.3 Å². The fourth-order valence-electron chi connectivity index (χ4n) is 2.28. The molecule has 1 saturated heterocycles. The van der Waals surface area contributed by atoms with Crippen LogP contribution in [0.4, 0.5) is 0 Å². The molecular weight excluding hydrogens is 232 g/mol. The smallest absolute Gasteiger partial charge is 0.239 e. The Morgan fingerprint density at radius 1 is 1.65 bits per heavy atom. The number of likely N-dealkylation sites (N-methyl/N-ethyl adjacent to an activating group) is 1. The highest BCUT2D eigenvalue weighted by Crippen LogP contribution is 2.18. The lowest BCUT2D eigenvalue weighted by atomic mass is 9.93. The molecular formula is C13H20N2OS. The number of carbonyl (C=O) groups is 1. The molecule has 0 radical (unpaired) electrons. The number of amides is 1. The average Bonchev–Trinajstić information content (AvgIpc) is 2.80. The van der Waals surface area contributed by atoms with Gasteiger partial charge in [0, 0.05) is 11.9 Å². The molecule has 0 bridgehead atoms. The third-order valence-electron chi connectivity index (χ3n) is 3.31. The van der Waals surface area contributed by atoms with Crippen LogP contribution in [0.2, 0.25) is 0 Å². The molecule has 0 aromatic carbocycles. The van der Waals surface area contributed by atoms with Gasteiger partial charge in [-0.1, -0.05) is 13.0 Å². The topological polar surface area (TPSA) is 32.3 Å². The highest BCUT2D eigenvalue weighted by atomic mass is 32.1. The molecule has 1 aromatic rings. The summed E-state index contributed by atoms with van der Waals surface area (Å²) >= 11 is 1.70. The van der Waals surface area contributed by atoms with E-state index in [1.54, 1.807) is 11.3 Å². The molecule has 2 atom stereocenters. The molecule has 1 aliphatic rings. The molecule has 4 heteroatoms. The summed E-state index contributed by atoms with van der Waals surface area (Å²) in [7, 11) is 1.89. The van der Waals surface area contributed by atoms with Gasteiger partial charge >= 0.3 is 0 Å². The Morgan fingerprint density at radius 2 is 2.47 bits per heavy atom. The van der Waals surface area contributed by atoms with Gasteiger partial charge in [0.1, 0.15) is 0 Å². The largest absolute Gasteiger partial charge is 0.339 e. The molecule has 1 N–H and O–H groups in total. The zero-order valence-corrected chi connectivity index (χ0v) is 11.3. The molecule has 1 fully saturated rings. The molecule has 94 valence electrons.